The third-order valence-corrected chi connectivity index (χ3v) is 3.21. The zero-order chi connectivity index (χ0) is 13.8. The zero-order valence-corrected chi connectivity index (χ0v) is 11.1. The first-order chi connectivity index (χ1) is 9.08. The van der Waals surface area contributed by atoms with Gasteiger partial charge in [-0.15, -0.1) is 0 Å². The molecule has 1 unspecified atom stereocenters. The van der Waals surface area contributed by atoms with Crippen LogP contribution in [0.5, 0.6) is 5.75 Å². The number of halogens is 1. The van der Waals surface area contributed by atoms with Crippen molar-refractivity contribution in [1.82, 2.24) is 15.1 Å². The number of nitrogens with zero attached hydrogens (tertiary/aromatic N) is 2. The molecule has 0 saturated carbocycles. The van der Waals surface area contributed by atoms with Gasteiger partial charge in [-0.2, -0.15) is 5.10 Å². The molecule has 0 bridgehead atoms. The van der Waals surface area contributed by atoms with Crippen molar-refractivity contribution in [2.75, 3.05) is 6.54 Å². The minimum atomic E-state index is -0.427. The van der Waals surface area contributed by atoms with Crippen LogP contribution in [0.15, 0.2) is 30.5 Å². The van der Waals surface area contributed by atoms with Crippen LogP contribution in [0.3, 0.4) is 0 Å². The van der Waals surface area contributed by atoms with Crippen molar-refractivity contribution in [2.24, 2.45) is 7.05 Å². The quantitative estimate of drug-likeness (QED) is 0.869. The van der Waals surface area contributed by atoms with Gasteiger partial charge in [0, 0.05) is 49.6 Å². The molecule has 1 aromatic heterocycles. The van der Waals surface area contributed by atoms with Gasteiger partial charge in [-0.05, 0) is 19.1 Å². The van der Waals surface area contributed by atoms with Crippen molar-refractivity contribution in [3.63, 3.8) is 0 Å². The Labute approximate surface area is 111 Å². The van der Waals surface area contributed by atoms with Crippen molar-refractivity contribution in [2.45, 2.75) is 19.4 Å². The second-order valence-corrected chi connectivity index (χ2v) is 4.58. The van der Waals surface area contributed by atoms with Crippen LogP contribution < -0.4 is 5.32 Å². The lowest BCUT2D eigenvalue weighted by molar-refractivity contribution is 0.447. The summed E-state index contributed by atoms with van der Waals surface area (Å²) in [5.74, 6) is -0.441. The fraction of sp³-hybridized carbons (Fsp3) is 0.357. The number of aromatic hydroxyl groups is 1. The molecule has 2 rings (SSSR count). The summed E-state index contributed by atoms with van der Waals surface area (Å²) in [4.78, 5) is 0. The third-order valence-electron chi connectivity index (χ3n) is 3.21. The van der Waals surface area contributed by atoms with Gasteiger partial charge in [0.15, 0.2) is 0 Å². The molecule has 2 aromatic rings. The number of phenols is 1. The van der Waals surface area contributed by atoms with Crippen LogP contribution in [0.1, 0.15) is 24.2 Å². The maximum atomic E-state index is 12.9. The molecule has 19 heavy (non-hydrogen) atoms. The first-order valence-electron chi connectivity index (χ1n) is 6.26. The Kier molecular flexibility index (Phi) is 4.16. The van der Waals surface area contributed by atoms with E-state index in [0.717, 1.165) is 24.7 Å². The second kappa shape index (κ2) is 5.84. The molecule has 4 nitrogen and oxygen atoms in total. The number of hydrogen-bond acceptors (Lipinski definition) is 3. The van der Waals surface area contributed by atoms with E-state index in [2.05, 4.69) is 10.4 Å². The molecule has 5 heteroatoms. The van der Waals surface area contributed by atoms with E-state index in [4.69, 9.17) is 0 Å². The number of nitrogens with one attached hydrogen (secondary N) is 1. The molecular weight excluding hydrogens is 245 g/mol. The van der Waals surface area contributed by atoms with Crippen LogP contribution >= 0.6 is 0 Å². The fourth-order valence-corrected chi connectivity index (χ4v) is 2.06. The van der Waals surface area contributed by atoms with Crippen LogP contribution in [0.25, 0.3) is 0 Å². The monoisotopic (exact) mass is 263 g/mol. The highest BCUT2D eigenvalue weighted by Gasteiger charge is 2.10. The van der Waals surface area contributed by atoms with E-state index in [0.29, 0.717) is 5.56 Å². The van der Waals surface area contributed by atoms with E-state index >= 15 is 0 Å². The highest BCUT2D eigenvalue weighted by atomic mass is 19.1. The predicted molar refractivity (Wildman–Crippen MR) is 71.4 cm³/mol. The fourth-order valence-electron chi connectivity index (χ4n) is 2.06. The van der Waals surface area contributed by atoms with Gasteiger partial charge in [0.2, 0.25) is 0 Å². The van der Waals surface area contributed by atoms with Crippen LogP contribution in [-0.4, -0.2) is 21.4 Å². The molecular formula is C14H18FN3O. The van der Waals surface area contributed by atoms with Gasteiger partial charge in [-0.1, -0.05) is 6.07 Å². The average molecular weight is 263 g/mol. The van der Waals surface area contributed by atoms with Crippen molar-refractivity contribution < 1.29 is 9.50 Å². The summed E-state index contributed by atoms with van der Waals surface area (Å²) < 4.78 is 14.7. The lowest BCUT2D eigenvalue weighted by Gasteiger charge is -2.15. The van der Waals surface area contributed by atoms with E-state index in [-0.39, 0.29) is 11.8 Å². The van der Waals surface area contributed by atoms with Crippen LogP contribution in [0.4, 0.5) is 4.39 Å². The Balaban J connectivity index is 1.91. The SMILES string of the molecule is CC(NCCc1ccnn1C)c1ccc(F)cc1O. The zero-order valence-electron chi connectivity index (χ0n) is 11.1. The van der Waals surface area contributed by atoms with Crippen LogP contribution in [0.2, 0.25) is 0 Å². The normalized spacial score (nSPS) is 12.6. The van der Waals surface area contributed by atoms with Crippen LogP contribution in [0, 0.1) is 5.82 Å². The lowest BCUT2D eigenvalue weighted by Crippen LogP contribution is -2.22. The number of rotatable bonds is 5. The third kappa shape index (κ3) is 3.32. The number of benzene rings is 1. The van der Waals surface area contributed by atoms with Gasteiger partial charge in [0.25, 0.3) is 0 Å². The van der Waals surface area contributed by atoms with Gasteiger partial charge in [0.1, 0.15) is 11.6 Å². The topological polar surface area (TPSA) is 50.1 Å². The summed E-state index contributed by atoms with van der Waals surface area (Å²) in [6.45, 7) is 2.70. The number of aromatic nitrogens is 2. The minimum absolute atomic E-state index is 0.0134. The number of phenolic OH excluding ortho intramolecular Hbond substituents is 1. The summed E-state index contributed by atoms with van der Waals surface area (Å²) in [5.41, 5.74) is 1.84. The molecule has 1 aromatic carbocycles. The summed E-state index contributed by atoms with van der Waals surface area (Å²) in [7, 11) is 1.91. The smallest absolute Gasteiger partial charge is 0.126 e. The Morgan fingerprint density at radius 1 is 1.42 bits per heavy atom. The molecule has 0 aliphatic rings. The van der Waals surface area contributed by atoms with E-state index < -0.39 is 5.82 Å². The van der Waals surface area contributed by atoms with E-state index in [1.54, 1.807) is 12.3 Å². The molecule has 0 aliphatic carbocycles. The van der Waals surface area contributed by atoms with Gasteiger partial charge >= 0.3 is 0 Å². The van der Waals surface area contributed by atoms with E-state index in [1.165, 1.54) is 6.07 Å². The predicted octanol–water partition coefficient (Wildman–Crippen LogP) is 2.16. The van der Waals surface area contributed by atoms with Crippen molar-refractivity contribution in [3.05, 3.63) is 47.5 Å². The number of hydrogen-bond donors (Lipinski definition) is 2. The standard InChI is InChI=1S/C14H18FN3O/c1-10(13-4-3-11(15)9-14(13)19)16-7-5-12-6-8-17-18(12)2/h3-4,6,8-10,16,19H,5,7H2,1-2H3. The maximum Gasteiger partial charge on any atom is 0.126 e. The average Bonchev–Trinajstić information content (AvgIpc) is 2.75. The highest BCUT2D eigenvalue weighted by Crippen LogP contribution is 2.24. The molecule has 2 N–H and O–H groups in total. The number of aryl methyl sites for hydroxylation is 1. The molecule has 0 radical (unpaired) electrons. The molecule has 0 amide bonds. The molecule has 0 saturated heterocycles. The molecule has 1 atom stereocenters. The maximum absolute atomic E-state index is 12.9. The lowest BCUT2D eigenvalue weighted by atomic mass is 10.1. The van der Waals surface area contributed by atoms with Crippen molar-refractivity contribution >= 4 is 0 Å². The summed E-state index contributed by atoms with van der Waals surface area (Å²) >= 11 is 0. The first kappa shape index (κ1) is 13.5. The van der Waals surface area contributed by atoms with Gasteiger partial charge in [0.05, 0.1) is 0 Å². The van der Waals surface area contributed by atoms with Crippen molar-refractivity contribution in [3.8, 4) is 5.75 Å². The van der Waals surface area contributed by atoms with E-state index in [1.807, 2.05) is 24.7 Å². The van der Waals surface area contributed by atoms with Gasteiger partial charge in [-0.3, -0.25) is 4.68 Å². The Morgan fingerprint density at radius 2 is 2.21 bits per heavy atom. The molecule has 0 aliphatic heterocycles. The molecule has 0 fully saturated rings. The Morgan fingerprint density at radius 3 is 2.84 bits per heavy atom. The van der Waals surface area contributed by atoms with Gasteiger partial charge < -0.3 is 10.4 Å². The Bertz CT molecular complexity index is 553. The molecule has 0 spiro atoms. The van der Waals surface area contributed by atoms with E-state index in [9.17, 15) is 9.50 Å². The first-order valence-corrected chi connectivity index (χ1v) is 6.26. The van der Waals surface area contributed by atoms with Gasteiger partial charge in [-0.25, -0.2) is 4.39 Å². The van der Waals surface area contributed by atoms with Crippen LogP contribution in [-0.2, 0) is 13.5 Å². The molecule has 1 heterocycles. The Hall–Kier alpha value is -1.88. The summed E-state index contributed by atoms with van der Waals surface area (Å²) in [6, 6.07) is 6.03. The second-order valence-electron chi connectivity index (χ2n) is 4.58. The largest absolute Gasteiger partial charge is 0.508 e. The highest BCUT2D eigenvalue weighted by molar-refractivity contribution is 5.34. The van der Waals surface area contributed by atoms with Crippen molar-refractivity contribution in [1.29, 1.82) is 0 Å². The molecule has 102 valence electrons. The minimum Gasteiger partial charge on any atom is -0.508 e. The summed E-state index contributed by atoms with van der Waals surface area (Å²) in [6.07, 6.45) is 2.62. The summed E-state index contributed by atoms with van der Waals surface area (Å²) in [5, 5.41) is 17.1.